The van der Waals surface area contributed by atoms with Gasteiger partial charge in [-0.2, -0.15) is 18.6 Å². The van der Waals surface area contributed by atoms with E-state index in [1.807, 2.05) is 36.4 Å². The Kier molecular flexibility index (Phi) is 12.0. The fourth-order valence-corrected chi connectivity index (χ4v) is 8.23. The fraction of sp³-hybridized carbons (Fsp3) is 0.107. The Balaban J connectivity index is 0.000000280. The first-order valence-electron chi connectivity index (χ1n) is 20.6. The van der Waals surface area contributed by atoms with Crippen molar-refractivity contribution in [2.75, 3.05) is 0 Å². The molecule has 0 unspecified atom stereocenters. The van der Waals surface area contributed by atoms with Crippen LogP contribution in [0.1, 0.15) is 56.2 Å². The van der Waals surface area contributed by atoms with Gasteiger partial charge in [-0.1, -0.05) is 160 Å². The Labute approximate surface area is 376 Å². The summed E-state index contributed by atoms with van der Waals surface area (Å²) in [6, 6.07) is 56.1. The smallest absolute Gasteiger partial charge is 0.500 e. The van der Waals surface area contributed by atoms with E-state index in [-0.39, 0.29) is 25.9 Å². The Hall–Kier alpha value is -6.72. The first-order chi connectivity index (χ1) is 29.7. The molecule has 3 heterocycles. The van der Waals surface area contributed by atoms with Gasteiger partial charge in [-0.05, 0) is 68.5 Å². The first kappa shape index (κ1) is 42.0. The van der Waals surface area contributed by atoms with Crippen molar-refractivity contribution in [3.8, 4) is 56.1 Å². The summed E-state index contributed by atoms with van der Waals surface area (Å²) in [4.78, 5) is 5.01. The number of fused-ring (bicyclic) bond motifs is 4. The monoisotopic (exact) mass is 989 g/mol. The Morgan fingerprint density at radius 3 is 1.94 bits per heavy atom. The summed E-state index contributed by atoms with van der Waals surface area (Å²) in [6.07, 6.45) is 1.78. The molecule has 4 nitrogen and oxygen atoms in total. The predicted octanol–water partition coefficient (Wildman–Crippen LogP) is 15.0. The molecule has 0 spiro atoms. The van der Waals surface area contributed by atoms with Crippen molar-refractivity contribution in [1.82, 2.24) is 4.98 Å². The van der Waals surface area contributed by atoms with Crippen molar-refractivity contribution in [2.45, 2.75) is 39.5 Å². The van der Waals surface area contributed by atoms with Gasteiger partial charge in [0.1, 0.15) is 17.1 Å². The maximum Gasteiger partial charge on any atom is 3.00 e. The number of hydrogen-bond donors (Lipinski definition) is 0. The second-order valence-corrected chi connectivity index (χ2v) is 16.0. The van der Waals surface area contributed by atoms with E-state index in [4.69, 9.17) is 13.8 Å². The number of nitrogens with zero attached hydrogens (tertiary/aromatic N) is 2. The molecule has 62 heavy (non-hydrogen) atoms. The van der Waals surface area contributed by atoms with Crippen LogP contribution in [0.2, 0.25) is 0 Å². The molecule has 0 aliphatic heterocycles. The van der Waals surface area contributed by atoms with Gasteiger partial charge in [0.05, 0.1) is 28.8 Å². The van der Waals surface area contributed by atoms with E-state index in [1.165, 1.54) is 33.9 Å². The van der Waals surface area contributed by atoms with E-state index in [0.717, 1.165) is 61.0 Å². The molecule has 0 saturated carbocycles. The summed E-state index contributed by atoms with van der Waals surface area (Å²) in [5, 5.41) is 2.08. The molecule has 7 aromatic carbocycles. The number of furan rings is 1. The van der Waals surface area contributed by atoms with Crippen molar-refractivity contribution in [3.63, 3.8) is 0 Å². The molecular weight excluding hydrogens is 944 g/mol. The first-order valence-corrected chi connectivity index (χ1v) is 20.6. The van der Waals surface area contributed by atoms with E-state index in [2.05, 4.69) is 151 Å². The summed E-state index contributed by atoms with van der Waals surface area (Å²) >= 11 is 0. The quantitative estimate of drug-likeness (QED) is 0.118. The second kappa shape index (κ2) is 17.7. The zero-order valence-corrected chi connectivity index (χ0v) is 37.5. The molecule has 3 aromatic heterocycles. The van der Waals surface area contributed by atoms with Gasteiger partial charge in [0.15, 0.2) is 0 Å². The Morgan fingerprint density at radius 2 is 1.27 bits per heavy atom. The summed E-state index contributed by atoms with van der Waals surface area (Å²) < 4.78 is 28.5. The van der Waals surface area contributed by atoms with Gasteiger partial charge in [0.2, 0.25) is 0 Å². The van der Waals surface area contributed by atoms with E-state index in [9.17, 15) is 4.39 Å². The molecule has 0 saturated heterocycles. The summed E-state index contributed by atoms with van der Waals surface area (Å²) in [5.41, 5.74) is 15.4. The van der Waals surface area contributed by atoms with Crippen LogP contribution in [0.25, 0.3) is 89.1 Å². The number of hydrogen-bond acceptors (Lipinski definition) is 3. The van der Waals surface area contributed by atoms with Crippen LogP contribution in [0.4, 0.5) is 4.39 Å². The number of para-hydroxylation sites is 1. The van der Waals surface area contributed by atoms with Crippen molar-refractivity contribution in [1.29, 1.82) is 0 Å². The largest absolute Gasteiger partial charge is 3.00 e. The van der Waals surface area contributed by atoms with Gasteiger partial charge in [-0.3, -0.25) is 4.98 Å². The molecule has 10 rings (SSSR count). The van der Waals surface area contributed by atoms with Gasteiger partial charge in [0, 0.05) is 18.0 Å². The third-order valence-electron chi connectivity index (χ3n) is 11.3. The molecule has 306 valence electrons. The van der Waals surface area contributed by atoms with E-state index in [1.54, 1.807) is 22.9 Å². The molecule has 0 fully saturated rings. The predicted molar refractivity (Wildman–Crippen MR) is 247 cm³/mol. The van der Waals surface area contributed by atoms with Gasteiger partial charge in [-0.15, -0.1) is 24.3 Å². The summed E-state index contributed by atoms with van der Waals surface area (Å²) in [5.74, 6) is 0.860. The third kappa shape index (κ3) is 7.96. The maximum atomic E-state index is 13.6. The number of rotatable bonds is 7. The van der Waals surface area contributed by atoms with Crippen molar-refractivity contribution >= 4 is 33.0 Å². The van der Waals surface area contributed by atoms with Crippen LogP contribution in [0.3, 0.4) is 0 Å². The van der Waals surface area contributed by atoms with Crippen LogP contribution in [-0.2, 0) is 20.1 Å². The number of halogens is 1. The van der Waals surface area contributed by atoms with Gasteiger partial charge in [0.25, 0.3) is 0 Å². The molecule has 6 heteroatoms. The summed E-state index contributed by atoms with van der Waals surface area (Å²) in [7, 11) is 3.80. The zero-order valence-electron chi connectivity index (χ0n) is 35.1. The van der Waals surface area contributed by atoms with E-state index in [0.29, 0.717) is 28.9 Å². The topological polar surface area (TPSA) is 43.1 Å². The number of pyridine rings is 1. The van der Waals surface area contributed by atoms with Crippen LogP contribution in [0, 0.1) is 25.9 Å². The third-order valence-corrected chi connectivity index (χ3v) is 11.3. The van der Waals surface area contributed by atoms with Crippen LogP contribution in [-0.4, -0.2) is 4.98 Å². The average molecular weight is 989 g/mol. The minimum Gasteiger partial charge on any atom is -0.500 e. The Bertz CT molecular complexity index is 3140. The fourth-order valence-electron chi connectivity index (χ4n) is 8.23. The van der Waals surface area contributed by atoms with Crippen LogP contribution in [0.15, 0.2) is 173 Å². The summed E-state index contributed by atoms with van der Waals surface area (Å²) in [6.45, 7) is 12.9. The van der Waals surface area contributed by atoms with Gasteiger partial charge >= 0.3 is 20.1 Å². The van der Waals surface area contributed by atoms with Gasteiger partial charge in [-0.25, -0.2) is 4.39 Å². The molecular formula is C56H45FIrN2O2+. The van der Waals surface area contributed by atoms with Crippen molar-refractivity contribution in [3.05, 3.63) is 206 Å². The van der Waals surface area contributed by atoms with Crippen molar-refractivity contribution < 1.29 is 37.9 Å². The maximum absolute atomic E-state index is 13.6. The standard InChI is InChI=1S/C43H34NO2.C13H11FN.Ir/c1-26(2)36-23-31(29-15-9-6-10-16-29)24-37(27(3)4)40(36)34-18-12-20-38-42(34)46-43(44-38)35-19-11-17-33-32-22-21-30(25-39(32)45-41(33)35)28-13-7-5-8-14-28;1-10-6-5-7-11(14)13(10)12-8-3-4-9-15(12)2;/h5-18,20-27H,1-4H3;3-9H,1-2H2;/q2*-1;+3. The second-order valence-electron chi connectivity index (χ2n) is 16.0. The van der Waals surface area contributed by atoms with Gasteiger partial charge < -0.3 is 13.4 Å². The molecule has 0 radical (unpaired) electrons. The molecule has 0 bridgehead atoms. The van der Waals surface area contributed by atoms with E-state index < -0.39 is 0 Å². The van der Waals surface area contributed by atoms with Crippen LogP contribution in [0.5, 0.6) is 0 Å². The SMILES string of the molecule is CC(C)c1cc(-c2ccccc2)cc(C(C)C)c1-c1cccc2nc(-c3[c-]ccc4c3oc3cc(-c5ccccc5)ccc34)oc12.[CH2-]c1cccc(F)c1-c1cccc[n+]1[CH2-].[Ir+3]. The minimum absolute atomic E-state index is 0. The molecule has 0 aliphatic carbocycles. The Morgan fingerprint density at radius 1 is 0.613 bits per heavy atom. The van der Waals surface area contributed by atoms with Crippen molar-refractivity contribution in [2.24, 2.45) is 0 Å². The number of aromatic nitrogens is 2. The zero-order chi connectivity index (χ0) is 42.2. The van der Waals surface area contributed by atoms with E-state index >= 15 is 0 Å². The van der Waals surface area contributed by atoms with Crippen LogP contribution < -0.4 is 4.57 Å². The number of benzene rings is 7. The normalized spacial score (nSPS) is 11.3. The molecule has 0 aliphatic rings. The number of oxazole rings is 1. The average Bonchev–Trinajstić information content (AvgIpc) is 3.89. The molecule has 0 N–H and O–H groups in total. The minimum atomic E-state index is -0.272. The molecule has 0 atom stereocenters. The molecule has 0 amide bonds. The van der Waals surface area contributed by atoms with Crippen LogP contribution >= 0.6 is 0 Å². The molecule has 10 aromatic rings.